The number of thioether (sulfide) groups is 1. The molecule has 0 aromatic heterocycles. The highest BCUT2D eigenvalue weighted by Gasteiger charge is 2.24. The number of hydrogen-bond donors (Lipinski definition) is 0. The molecular weight excluding hydrogens is 358 g/mol. The second-order valence-electron chi connectivity index (χ2n) is 7.66. The summed E-state index contributed by atoms with van der Waals surface area (Å²) in [5, 5.41) is 0. The Balaban J connectivity index is 1.41. The van der Waals surface area contributed by atoms with E-state index in [1.165, 1.54) is 22.4 Å². The van der Waals surface area contributed by atoms with Crippen molar-refractivity contribution in [2.75, 3.05) is 51.6 Å². The van der Waals surface area contributed by atoms with Crippen LogP contribution in [0.25, 0.3) is 0 Å². The quantitative estimate of drug-likeness (QED) is 0.726. The lowest BCUT2D eigenvalue weighted by Gasteiger charge is -2.36. The van der Waals surface area contributed by atoms with E-state index in [4.69, 9.17) is 0 Å². The fourth-order valence-electron chi connectivity index (χ4n) is 3.68. The normalized spacial score (nSPS) is 18.6. The molecule has 1 aromatic carbocycles. The number of piperidine rings is 1. The molecule has 6 heteroatoms. The van der Waals surface area contributed by atoms with Crippen LogP contribution in [0.15, 0.2) is 23.1 Å². The van der Waals surface area contributed by atoms with E-state index in [1.54, 1.807) is 11.8 Å². The number of amides is 2. The zero-order chi connectivity index (χ0) is 19.2. The third-order valence-corrected chi connectivity index (χ3v) is 6.63. The minimum absolute atomic E-state index is 0.197. The third kappa shape index (κ3) is 5.72. The molecule has 0 spiro atoms. The maximum absolute atomic E-state index is 12.6. The lowest BCUT2D eigenvalue weighted by molar-refractivity contribution is -0.134. The number of rotatable bonds is 5. The van der Waals surface area contributed by atoms with Crippen LogP contribution in [0.2, 0.25) is 0 Å². The lowest BCUT2D eigenvalue weighted by Crippen LogP contribution is -2.52. The summed E-state index contributed by atoms with van der Waals surface area (Å²) >= 11 is 1.63. The first kappa shape index (κ1) is 20.2. The predicted octanol–water partition coefficient (Wildman–Crippen LogP) is 2.55. The number of benzene rings is 1. The Morgan fingerprint density at radius 3 is 2.26 bits per heavy atom. The van der Waals surface area contributed by atoms with E-state index in [0.717, 1.165) is 52.1 Å². The highest BCUT2D eigenvalue weighted by atomic mass is 32.2. The molecule has 1 aromatic rings. The van der Waals surface area contributed by atoms with Gasteiger partial charge in [-0.2, -0.15) is 0 Å². The van der Waals surface area contributed by atoms with Gasteiger partial charge < -0.3 is 9.80 Å². The van der Waals surface area contributed by atoms with E-state index < -0.39 is 0 Å². The van der Waals surface area contributed by atoms with Crippen molar-refractivity contribution < 1.29 is 9.59 Å². The first-order valence-electron chi connectivity index (χ1n) is 10.0. The second kappa shape index (κ2) is 9.60. The fraction of sp³-hybridized carbons (Fsp3) is 0.619. The first-order valence-corrected chi connectivity index (χ1v) is 11.0. The first-order chi connectivity index (χ1) is 13.0. The molecule has 2 saturated heterocycles. The summed E-state index contributed by atoms with van der Waals surface area (Å²) in [6, 6.07) is 6.36. The molecule has 2 heterocycles. The number of carbonyl (C=O) groups excluding carboxylic acids is 2. The molecule has 3 rings (SSSR count). The maximum atomic E-state index is 12.6. The predicted molar refractivity (Wildman–Crippen MR) is 110 cm³/mol. The monoisotopic (exact) mass is 389 g/mol. The Hall–Kier alpha value is -1.53. The molecule has 2 fully saturated rings. The van der Waals surface area contributed by atoms with Gasteiger partial charge in [0.05, 0.1) is 12.3 Å². The summed E-state index contributed by atoms with van der Waals surface area (Å²) in [5.41, 5.74) is 2.45. The second-order valence-corrected chi connectivity index (χ2v) is 8.67. The summed E-state index contributed by atoms with van der Waals surface area (Å²) in [6.07, 6.45) is 3.50. The van der Waals surface area contributed by atoms with Crippen LogP contribution in [0.3, 0.4) is 0 Å². The van der Waals surface area contributed by atoms with E-state index in [2.05, 4.69) is 36.9 Å². The molecule has 0 atom stereocenters. The Bertz CT molecular complexity index is 665. The maximum Gasteiger partial charge on any atom is 0.236 e. The largest absolute Gasteiger partial charge is 0.342 e. The lowest BCUT2D eigenvalue weighted by atomic mass is 10.1. The molecule has 27 heavy (non-hydrogen) atoms. The minimum atomic E-state index is 0.197. The molecule has 0 unspecified atom stereocenters. The molecule has 5 nitrogen and oxygen atoms in total. The van der Waals surface area contributed by atoms with E-state index in [0.29, 0.717) is 12.3 Å². The molecule has 0 saturated carbocycles. The molecule has 0 N–H and O–H groups in total. The third-order valence-electron chi connectivity index (χ3n) is 5.49. The zero-order valence-electron chi connectivity index (χ0n) is 16.6. The minimum Gasteiger partial charge on any atom is -0.342 e. The van der Waals surface area contributed by atoms with Crippen molar-refractivity contribution in [2.24, 2.45) is 0 Å². The molecular formula is C21H31N3O2S. The van der Waals surface area contributed by atoms with Gasteiger partial charge in [0.15, 0.2) is 0 Å². The van der Waals surface area contributed by atoms with Gasteiger partial charge in [-0.1, -0.05) is 17.7 Å². The Morgan fingerprint density at radius 2 is 1.56 bits per heavy atom. The molecule has 0 radical (unpaired) electrons. The summed E-state index contributed by atoms with van der Waals surface area (Å²) < 4.78 is 0. The summed E-state index contributed by atoms with van der Waals surface area (Å²) in [7, 11) is 0. The van der Waals surface area contributed by atoms with Crippen molar-refractivity contribution in [2.45, 2.75) is 38.0 Å². The fourth-order valence-corrected chi connectivity index (χ4v) is 4.71. The Labute approximate surface area is 167 Å². The van der Waals surface area contributed by atoms with Gasteiger partial charge in [0.25, 0.3) is 0 Å². The number of aryl methyl sites for hydroxylation is 2. The van der Waals surface area contributed by atoms with Gasteiger partial charge in [0.2, 0.25) is 11.8 Å². The van der Waals surface area contributed by atoms with E-state index in [9.17, 15) is 9.59 Å². The average Bonchev–Trinajstić information content (AvgIpc) is 2.69. The van der Waals surface area contributed by atoms with Crippen LogP contribution in [0, 0.1) is 13.8 Å². The topological polar surface area (TPSA) is 43.9 Å². The number of nitrogens with zero attached hydrogens (tertiary/aromatic N) is 3. The standard InChI is InChI=1S/C21H31N3O2S/c1-17-6-7-18(2)19(14-17)27-16-21(26)24-12-10-22(11-13-24)15-20(25)23-8-4-3-5-9-23/h6-7,14H,3-5,8-13,15-16H2,1-2H3. The number of carbonyl (C=O) groups is 2. The number of likely N-dealkylation sites (tertiary alicyclic amines) is 1. The van der Waals surface area contributed by atoms with Crippen molar-refractivity contribution in [3.05, 3.63) is 29.3 Å². The molecule has 0 bridgehead atoms. The Kier molecular flexibility index (Phi) is 7.19. The smallest absolute Gasteiger partial charge is 0.236 e. The highest BCUT2D eigenvalue weighted by Crippen LogP contribution is 2.24. The molecule has 2 aliphatic rings. The van der Waals surface area contributed by atoms with Crippen LogP contribution < -0.4 is 0 Å². The number of piperazine rings is 1. The average molecular weight is 390 g/mol. The molecule has 2 amide bonds. The summed E-state index contributed by atoms with van der Waals surface area (Å²) in [5.74, 6) is 0.930. The van der Waals surface area contributed by atoms with Crippen LogP contribution in [0.1, 0.15) is 30.4 Å². The Morgan fingerprint density at radius 1 is 0.889 bits per heavy atom. The van der Waals surface area contributed by atoms with Gasteiger partial charge in [0, 0.05) is 44.2 Å². The zero-order valence-corrected chi connectivity index (χ0v) is 17.4. The van der Waals surface area contributed by atoms with Crippen LogP contribution in [0.4, 0.5) is 0 Å². The van der Waals surface area contributed by atoms with Gasteiger partial charge >= 0.3 is 0 Å². The van der Waals surface area contributed by atoms with Crippen molar-refractivity contribution in [3.8, 4) is 0 Å². The van der Waals surface area contributed by atoms with Crippen LogP contribution in [-0.2, 0) is 9.59 Å². The van der Waals surface area contributed by atoms with Crippen LogP contribution in [-0.4, -0.2) is 78.1 Å². The van der Waals surface area contributed by atoms with Crippen molar-refractivity contribution >= 4 is 23.6 Å². The summed E-state index contributed by atoms with van der Waals surface area (Å²) in [4.78, 5) is 32.3. The molecule has 2 aliphatic heterocycles. The van der Waals surface area contributed by atoms with Gasteiger partial charge in [-0.15, -0.1) is 11.8 Å². The van der Waals surface area contributed by atoms with Gasteiger partial charge in [0.1, 0.15) is 0 Å². The highest BCUT2D eigenvalue weighted by molar-refractivity contribution is 8.00. The van der Waals surface area contributed by atoms with Crippen molar-refractivity contribution in [3.63, 3.8) is 0 Å². The van der Waals surface area contributed by atoms with Crippen LogP contribution in [0.5, 0.6) is 0 Å². The molecule has 148 valence electrons. The SMILES string of the molecule is Cc1ccc(C)c(SCC(=O)N2CCN(CC(=O)N3CCCCC3)CC2)c1. The van der Waals surface area contributed by atoms with Gasteiger partial charge in [-0.3, -0.25) is 14.5 Å². The van der Waals surface area contributed by atoms with Crippen molar-refractivity contribution in [1.82, 2.24) is 14.7 Å². The van der Waals surface area contributed by atoms with E-state index in [-0.39, 0.29) is 11.8 Å². The molecule has 0 aliphatic carbocycles. The van der Waals surface area contributed by atoms with Crippen LogP contribution >= 0.6 is 11.8 Å². The van der Waals surface area contributed by atoms with E-state index in [1.807, 2.05) is 9.80 Å². The number of hydrogen-bond acceptors (Lipinski definition) is 4. The van der Waals surface area contributed by atoms with Crippen molar-refractivity contribution in [1.29, 1.82) is 0 Å². The summed E-state index contributed by atoms with van der Waals surface area (Å²) in [6.45, 7) is 9.51. The van der Waals surface area contributed by atoms with E-state index >= 15 is 0 Å². The van der Waals surface area contributed by atoms with Gasteiger partial charge in [-0.25, -0.2) is 0 Å². The van der Waals surface area contributed by atoms with Gasteiger partial charge in [-0.05, 0) is 44.7 Å².